The fourth-order valence-corrected chi connectivity index (χ4v) is 2.14. The van der Waals surface area contributed by atoms with E-state index in [1.807, 2.05) is 39.8 Å². The van der Waals surface area contributed by atoms with E-state index in [0.29, 0.717) is 0 Å². The van der Waals surface area contributed by atoms with E-state index in [-0.39, 0.29) is 31.6 Å². The molecule has 0 atom stereocenters. The minimum absolute atomic E-state index is 0. The average Bonchev–Trinajstić information content (AvgIpc) is 2.73. The number of aromatic nitrogens is 4. The maximum absolute atomic E-state index is 11.4. The van der Waals surface area contributed by atoms with Crippen LogP contribution in [0.4, 0.5) is 0 Å². The Labute approximate surface area is 119 Å². The van der Waals surface area contributed by atoms with E-state index < -0.39 is 0 Å². The predicted molar refractivity (Wildman–Crippen MR) is 62.7 cm³/mol. The van der Waals surface area contributed by atoms with Crippen LogP contribution < -0.4 is 24.0 Å². The number of rotatable bonds is 3. The summed E-state index contributed by atoms with van der Waals surface area (Å²) in [6, 6.07) is 3.93. The largest absolute Gasteiger partial charge is 1.00 e. The van der Waals surface area contributed by atoms with E-state index in [1.54, 1.807) is 9.36 Å². The van der Waals surface area contributed by atoms with E-state index in [1.165, 1.54) is 0 Å². The molecule has 0 aliphatic rings. The van der Waals surface area contributed by atoms with E-state index in [4.69, 9.17) is 0 Å². The van der Waals surface area contributed by atoms with Crippen molar-refractivity contribution in [3.05, 3.63) is 34.9 Å². The van der Waals surface area contributed by atoms with Gasteiger partial charge in [0.1, 0.15) is 6.17 Å². The van der Waals surface area contributed by atoms with Crippen LogP contribution >= 0.6 is 0 Å². The summed E-state index contributed by atoms with van der Waals surface area (Å²) in [6.45, 7) is 7.48. The van der Waals surface area contributed by atoms with Crippen LogP contribution in [0.15, 0.2) is 12.1 Å². The summed E-state index contributed by atoms with van der Waals surface area (Å²) in [7, 11) is 0. The van der Waals surface area contributed by atoms with Gasteiger partial charge in [-0.15, -0.1) is 0 Å². The van der Waals surface area contributed by atoms with Crippen LogP contribution in [0.1, 0.15) is 28.9 Å². The van der Waals surface area contributed by atoms with Gasteiger partial charge in [-0.1, -0.05) is 6.61 Å². The van der Waals surface area contributed by atoms with Gasteiger partial charge in [0.15, 0.2) is 0 Å². The molecule has 0 fully saturated rings. The SMILES string of the molecule is Cc1cc(C)n(C(C[O-])n2nc(C)cc2C)n1.[Li+]. The van der Waals surface area contributed by atoms with Gasteiger partial charge in [0.05, 0.1) is 11.4 Å². The normalized spacial score (nSPS) is 10.8. The fraction of sp³-hybridized carbons (Fsp3) is 0.500. The van der Waals surface area contributed by atoms with Gasteiger partial charge in [-0.3, -0.25) is 0 Å². The van der Waals surface area contributed by atoms with Crippen molar-refractivity contribution in [2.24, 2.45) is 0 Å². The Hall–Kier alpha value is -1.02. The van der Waals surface area contributed by atoms with Gasteiger partial charge in [0.2, 0.25) is 0 Å². The Morgan fingerprint density at radius 1 is 1.00 bits per heavy atom. The van der Waals surface area contributed by atoms with Crippen molar-refractivity contribution in [2.45, 2.75) is 33.9 Å². The third kappa shape index (κ3) is 2.69. The molecule has 2 aromatic heterocycles. The second kappa shape index (κ2) is 5.74. The minimum atomic E-state index is -0.377. The van der Waals surface area contributed by atoms with Crippen LogP contribution in [0.3, 0.4) is 0 Å². The van der Waals surface area contributed by atoms with Gasteiger partial charge in [-0.25, -0.2) is 9.36 Å². The molecule has 2 heterocycles. The van der Waals surface area contributed by atoms with Gasteiger partial charge >= 0.3 is 18.9 Å². The van der Waals surface area contributed by atoms with Crippen molar-refractivity contribution < 1.29 is 24.0 Å². The summed E-state index contributed by atoms with van der Waals surface area (Å²) in [4.78, 5) is 0. The van der Waals surface area contributed by atoms with E-state index in [9.17, 15) is 5.11 Å². The quantitative estimate of drug-likeness (QED) is 0.568. The molecule has 6 heteroatoms. The number of hydrogen-bond acceptors (Lipinski definition) is 3. The van der Waals surface area contributed by atoms with Gasteiger partial charge in [-0.05, 0) is 39.8 Å². The summed E-state index contributed by atoms with van der Waals surface area (Å²) in [6.07, 6.45) is -0.377. The van der Waals surface area contributed by atoms with Gasteiger partial charge < -0.3 is 5.11 Å². The second-order valence-corrected chi connectivity index (χ2v) is 4.39. The Bertz CT molecular complexity index is 486. The molecule has 5 nitrogen and oxygen atoms in total. The summed E-state index contributed by atoms with van der Waals surface area (Å²) < 4.78 is 3.50. The Balaban J connectivity index is 0.00000162. The topological polar surface area (TPSA) is 58.7 Å². The van der Waals surface area contributed by atoms with Crippen LogP contribution in [-0.4, -0.2) is 26.2 Å². The molecule has 0 radical (unpaired) electrons. The van der Waals surface area contributed by atoms with Crippen LogP contribution in [0.25, 0.3) is 0 Å². The Morgan fingerprint density at radius 2 is 1.39 bits per heavy atom. The maximum atomic E-state index is 11.4. The van der Waals surface area contributed by atoms with Crippen molar-refractivity contribution in [3.8, 4) is 0 Å². The third-order valence-corrected chi connectivity index (χ3v) is 2.80. The molecule has 0 saturated heterocycles. The monoisotopic (exact) mass is 240 g/mol. The zero-order chi connectivity index (χ0) is 12.6. The molecule has 2 rings (SSSR count). The van der Waals surface area contributed by atoms with E-state index in [0.717, 1.165) is 22.8 Å². The van der Waals surface area contributed by atoms with Gasteiger partial charge in [0, 0.05) is 11.4 Å². The summed E-state index contributed by atoms with van der Waals surface area (Å²) in [5.74, 6) is 0. The molecule has 2 aromatic rings. The first kappa shape index (κ1) is 15.0. The third-order valence-electron chi connectivity index (χ3n) is 2.80. The van der Waals surface area contributed by atoms with Gasteiger partial charge in [0.25, 0.3) is 0 Å². The number of nitrogens with zero attached hydrogens (tertiary/aromatic N) is 4. The molecule has 0 aliphatic carbocycles. The summed E-state index contributed by atoms with van der Waals surface area (Å²) in [5.41, 5.74) is 3.80. The smallest absolute Gasteiger partial charge is 0.852 e. The molecule has 0 aromatic carbocycles. The minimum Gasteiger partial charge on any atom is -0.852 e. The molecule has 0 saturated carbocycles. The van der Waals surface area contributed by atoms with Crippen LogP contribution in [0.5, 0.6) is 0 Å². The van der Waals surface area contributed by atoms with Crippen molar-refractivity contribution in [1.82, 2.24) is 19.6 Å². The van der Waals surface area contributed by atoms with Crippen molar-refractivity contribution in [1.29, 1.82) is 0 Å². The van der Waals surface area contributed by atoms with Crippen molar-refractivity contribution >= 4 is 0 Å². The fourth-order valence-electron chi connectivity index (χ4n) is 2.14. The van der Waals surface area contributed by atoms with Crippen molar-refractivity contribution in [3.63, 3.8) is 0 Å². The zero-order valence-electron chi connectivity index (χ0n) is 11.6. The molecule has 0 spiro atoms. The summed E-state index contributed by atoms with van der Waals surface area (Å²) >= 11 is 0. The molecule has 18 heavy (non-hydrogen) atoms. The molecule has 0 aliphatic heterocycles. The van der Waals surface area contributed by atoms with E-state index >= 15 is 0 Å². The first-order chi connectivity index (χ1) is 8.02. The van der Waals surface area contributed by atoms with Crippen LogP contribution in [-0.2, 0) is 0 Å². The Morgan fingerprint density at radius 3 is 1.61 bits per heavy atom. The molecule has 0 N–H and O–H groups in total. The molecule has 92 valence electrons. The van der Waals surface area contributed by atoms with Gasteiger partial charge in [-0.2, -0.15) is 10.2 Å². The second-order valence-electron chi connectivity index (χ2n) is 4.39. The predicted octanol–water partition coefficient (Wildman–Crippen LogP) is -2.28. The molecular weight excluding hydrogens is 223 g/mol. The van der Waals surface area contributed by atoms with E-state index in [2.05, 4.69) is 10.2 Å². The molecular formula is C12H17LiN4O. The molecule has 0 bridgehead atoms. The van der Waals surface area contributed by atoms with Crippen LogP contribution in [0.2, 0.25) is 0 Å². The molecule has 0 unspecified atom stereocenters. The zero-order valence-corrected chi connectivity index (χ0v) is 11.6. The first-order valence-electron chi connectivity index (χ1n) is 5.66. The van der Waals surface area contributed by atoms with Crippen LogP contribution in [0, 0.1) is 27.7 Å². The summed E-state index contributed by atoms with van der Waals surface area (Å²) in [5, 5.41) is 20.2. The number of hydrogen-bond donors (Lipinski definition) is 0. The van der Waals surface area contributed by atoms with Crippen molar-refractivity contribution in [2.75, 3.05) is 6.61 Å². The average molecular weight is 240 g/mol. The number of aryl methyl sites for hydroxylation is 4. The Kier molecular flexibility index (Phi) is 4.80. The maximum Gasteiger partial charge on any atom is 1.00 e. The standard InChI is InChI=1S/C12H17N4O.Li/c1-8-5-10(3)15(13-8)12(7-17)16-11(4)6-9(2)14-16;/h5-6,12H,7H2,1-4H3;/q-1;+1. The first-order valence-corrected chi connectivity index (χ1v) is 5.66. The molecule has 0 amide bonds.